The Morgan fingerprint density at radius 3 is 2.74 bits per heavy atom. The molecule has 0 aliphatic heterocycles. The van der Waals surface area contributed by atoms with E-state index in [2.05, 4.69) is 17.3 Å². The molecule has 1 saturated carbocycles. The standard InChI is InChI=1S/C23H26ClN3O3S/c1-14-5-3-4-6-19(14)25-21(28)13-30-23(29)20-11-18-15(2)26-27(22(18)31-20)12-16-7-9-17(24)10-8-16/h7-11,14,19H,3-6,12-13H2,1-2H3,(H,25,28). The fraction of sp³-hybridized carbons (Fsp3) is 0.435. The minimum Gasteiger partial charge on any atom is -0.451 e. The first-order valence-corrected chi connectivity index (χ1v) is 11.8. The molecule has 2 heterocycles. The number of esters is 1. The van der Waals surface area contributed by atoms with Gasteiger partial charge in [-0.1, -0.05) is 43.5 Å². The molecule has 0 bridgehead atoms. The minimum absolute atomic E-state index is 0.172. The van der Waals surface area contributed by atoms with Gasteiger partial charge in [0.1, 0.15) is 9.71 Å². The van der Waals surface area contributed by atoms with Gasteiger partial charge >= 0.3 is 5.97 Å². The molecule has 1 amide bonds. The van der Waals surface area contributed by atoms with Gasteiger partial charge in [-0.3, -0.25) is 9.48 Å². The second-order valence-electron chi connectivity index (χ2n) is 8.21. The predicted octanol–water partition coefficient (Wildman–Crippen LogP) is 4.96. The van der Waals surface area contributed by atoms with Crippen LogP contribution in [0.2, 0.25) is 5.02 Å². The molecule has 1 fully saturated rings. The van der Waals surface area contributed by atoms with E-state index < -0.39 is 5.97 Å². The van der Waals surface area contributed by atoms with Crippen molar-refractivity contribution in [3.63, 3.8) is 0 Å². The number of carbonyl (C=O) groups excluding carboxylic acids is 2. The lowest BCUT2D eigenvalue weighted by Gasteiger charge is -2.29. The van der Waals surface area contributed by atoms with E-state index in [1.54, 1.807) is 6.07 Å². The summed E-state index contributed by atoms with van der Waals surface area (Å²) >= 11 is 7.30. The molecule has 1 aromatic carbocycles. The Morgan fingerprint density at radius 1 is 1.26 bits per heavy atom. The van der Waals surface area contributed by atoms with Crippen molar-refractivity contribution in [2.75, 3.05) is 6.61 Å². The first kappa shape index (κ1) is 21.8. The predicted molar refractivity (Wildman–Crippen MR) is 123 cm³/mol. The molecular weight excluding hydrogens is 434 g/mol. The molecule has 0 radical (unpaired) electrons. The molecule has 2 atom stereocenters. The third kappa shape index (κ3) is 5.10. The molecule has 0 saturated heterocycles. The molecule has 164 valence electrons. The molecule has 3 aromatic rings. The Balaban J connectivity index is 1.40. The van der Waals surface area contributed by atoms with Crippen molar-refractivity contribution in [2.45, 2.75) is 52.1 Å². The Hall–Kier alpha value is -2.38. The number of aromatic nitrogens is 2. The topological polar surface area (TPSA) is 73.2 Å². The van der Waals surface area contributed by atoms with E-state index in [4.69, 9.17) is 16.3 Å². The van der Waals surface area contributed by atoms with Gasteiger partial charge in [-0.05, 0) is 49.4 Å². The summed E-state index contributed by atoms with van der Waals surface area (Å²) in [7, 11) is 0. The van der Waals surface area contributed by atoms with Gasteiger partial charge in [0, 0.05) is 16.5 Å². The number of fused-ring (bicyclic) bond motifs is 1. The van der Waals surface area contributed by atoms with E-state index in [9.17, 15) is 9.59 Å². The molecular formula is C23H26ClN3O3S. The van der Waals surface area contributed by atoms with Gasteiger partial charge < -0.3 is 10.1 Å². The fourth-order valence-electron chi connectivity index (χ4n) is 4.06. The summed E-state index contributed by atoms with van der Waals surface area (Å²) in [5, 5.41) is 9.21. The van der Waals surface area contributed by atoms with Crippen LogP contribution in [0.15, 0.2) is 30.3 Å². The summed E-state index contributed by atoms with van der Waals surface area (Å²) in [6, 6.07) is 9.58. The third-order valence-electron chi connectivity index (χ3n) is 5.85. The highest BCUT2D eigenvalue weighted by Crippen LogP contribution is 2.29. The zero-order valence-electron chi connectivity index (χ0n) is 17.7. The average molecular weight is 460 g/mol. The highest BCUT2D eigenvalue weighted by Gasteiger charge is 2.24. The molecule has 8 heteroatoms. The number of amides is 1. The SMILES string of the molecule is Cc1nn(Cc2ccc(Cl)cc2)c2sc(C(=O)OCC(=O)NC3CCCCC3C)cc12. The Morgan fingerprint density at radius 2 is 2.00 bits per heavy atom. The number of benzene rings is 1. The highest BCUT2D eigenvalue weighted by atomic mass is 35.5. The molecule has 0 spiro atoms. The number of nitrogens with one attached hydrogen (secondary N) is 1. The van der Waals surface area contributed by atoms with Crippen LogP contribution in [0.4, 0.5) is 0 Å². The molecule has 1 N–H and O–H groups in total. The lowest BCUT2D eigenvalue weighted by atomic mass is 9.86. The summed E-state index contributed by atoms with van der Waals surface area (Å²) in [4.78, 5) is 26.2. The summed E-state index contributed by atoms with van der Waals surface area (Å²) in [5.74, 6) is -0.258. The van der Waals surface area contributed by atoms with Crippen molar-refractivity contribution < 1.29 is 14.3 Å². The van der Waals surface area contributed by atoms with E-state index in [0.717, 1.165) is 40.7 Å². The number of aryl methyl sites for hydroxylation is 1. The third-order valence-corrected chi connectivity index (χ3v) is 7.23. The number of hydrogen-bond donors (Lipinski definition) is 1. The molecule has 2 unspecified atom stereocenters. The number of ether oxygens (including phenoxy) is 1. The van der Waals surface area contributed by atoms with Gasteiger partial charge in [-0.15, -0.1) is 11.3 Å². The Labute approximate surface area is 190 Å². The maximum absolute atomic E-state index is 12.6. The van der Waals surface area contributed by atoms with Gasteiger partial charge in [0.25, 0.3) is 5.91 Å². The molecule has 2 aromatic heterocycles. The van der Waals surface area contributed by atoms with Crippen molar-refractivity contribution in [2.24, 2.45) is 5.92 Å². The van der Waals surface area contributed by atoms with Crippen molar-refractivity contribution >= 4 is 45.0 Å². The van der Waals surface area contributed by atoms with Crippen LogP contribution in [0.25, 0.3) is 10.2 Å². The van der Waals surface area contributed by atoms with Gasteiger partial charge in [0.05, 0.1) is 12.2 Å². The normalized spacial score (nSPS) is 18.8. The first-order chi connectivity index (χ1) is 14.9. The maximum Gasteiger partial charge on any atom is 0.348 e. The Kier molecular flexibility index (Phi) is 6.62. The molecule has 4 rings (SSSR count). The number of rotatable bonds is 6. The van der Waals surface area contributed by atoms with E-state index >= 15 is 0 Å². The second kappa shape index (κ2) is 9.40. The van der Waals surface area contributed by atoms with Gasteiger partial charge in [-0.25, -0.2) is 4.79 Å². The minimum atomic E-state index is -0.481. The number of carbonyl (C=O) groups is 2. The van der Waals surface area contributed by atoms with E-state index in [1.165, 1.54) is 17.8 Å². The highest BCUT2D eigenvalue weighted by molar-refractivity contribution is 7.20. The van der Waals surface area contributed by atoms with Gasteiger partial charge in [0.15, 0.2) is 6.61 Å². The summed E-state index contributed by atoms with van der Waals surface area (Å²) in [6.45, 7) is 4.40. The number of hydrogen-bond acceptors (Lipinski definition) is 5. The van der Waals surface area contributed by atoms with Crippen molar-refractivity contribution in [1.29, 1.82) is 0 Å². The quantitative estimate of drug-likeness (QED) is 0.529. The van der Waals surface area contributed by atoms with Crippen LogP contribution in [0.1, 0.15) is 53.5 Å². The van der Waals surface area contributed by atoms with Crippen LogP contribution in [0.3, 0.4) is 0 Å². The smallest absolute Gasteiger partial charge is 0.348 e. The number of thiophene rings is 1. The van der Waals surface area contributed by atoms with E-state index in [-0.39, 0.29) is 18.6 Å². The summed E-state index contributed by atoms with van der Waals surface area (Å²) < 4.78 is 7.17. The van der Waals surface area contributed by atoms with Crippen LogP contribution in [-0.4, -0.2) is 34.3 Å². The van der Waals surface area contributed by atoms with Gasteiger partial charge in [-0.2, -0.15) is 5.10 Å². The van der Waals surface area contributed by atoms with Crippen LogP contribution in [-0.2, 0) is 16.1 Å². The molecule has 1 aliphatic carbocycles. The van der Waals surface area contributed by atoms with E-state index in [0.29, 0.717) is 22.4 Å². The zero-order valence-corrected chi connectivity index (χ0v) is 19.3. The average Bonchev–Trinajstić information content (AvgIpc) is 3.31. The fourth-order valence-corrected chi connectivity index (χ4v) is 5.25. The van der Waals surface area contributed by atoms with Crippen LogP contribution < -0.4 is 5.32 Å². The largest absolute Gasteiger partial charge is 0.451 e. The van der Waals surface area contributed by atoms with Crippen LogP contribution in [0, 0.1) is 12.8 Å². The second-order valence-corrected chi connectivity index (χ2v) is 9.68. The maximum atomic E-state index is 12.6. The lowest BCUT2D eigenvalue weighted by Crippen LogP contribution is -2.42. The summed E-state index contributed by atoms with van der Waals surface area (Å²) in [6.07, 6.45) is 4.45. The monoisotopic (exact) mass is 459 g/mol. The molecule has 1 aliphatic rings. The molecule has 6 nitrogen and oxygen atoms in total. The van der Waals surface area contributed by atoms with Crippen molar-refractivity contribution in [3.8, 4) is 0 Å². The lowest BCUT2D eigenvalue weighted by molar-refractivity contribution is -0.125. The number of halogens is 1. The molecule has 31 heavy (non-hydrogen) atoms. The van der Waals surface area contributed by atoms with Crippen molar-refractivity contribution in [3.05, 3.63) is 51.5 Å². The number of nitrogens with zero attached hydrogens (tertiary/aromatic N) is 2. The summed E-state index contributed by atoms with van der Waals surface area (Å²) in [5.41, 5.74) is 1.92. The Bertz CT molecular complexity index is 1090. The van der Waals surface area contributed by atoms with Crippen LogP contribution >= 0.6 is 22.9 Å². The van der Waals surface area contributed by atoms with Crippen molar-refractivity contribution in [1.82, 2.24) is 15.1 Å². The van der Waals surface area contributed by atoms with E-state index in [1.807, 2.05) is 35.9 Å². The first-order valence-electron chi connectivity index (χ1n) is 10.6. The zero-order chi connectivity index (χ0) is 22.0. The van der Waals surface area contributed by atoms with Crippen LogP contribution in [0.5, 0.6) is 0 Å². The van der Waals surface area contributed by atoms with Gasteiger partial charge in [0.2, 0.25) is 0 Å².